The standard InChI is InChI=1S/C20H26N2O6S/c1-13(2)22-20(23)17-11-16(7-9-19(17)28-5)29(24,25)21-12-14-10-15(26-3)6-8-18(14)27-4/h6-11,13,21H,12H2,1-5H3,(H,22,23). The van der Waals surface area contributed by atoms with Gasteiger partial charge >= 0.3 is 0 Å². The van der Waals surface area contributed by atoms with E-state index in [9.17, 15) is 13.2 Å². The van der Waals surface area contributed by atoms with Crippen molar-refractivity contribution in [3.8, 4) is 17.2 Å². The highest BCUT2D eigenvalue weighted by molar-refractivity contribution is 7.89. The van der Waals surface area contributed by atoms with Crippen LogP contribution in [0.15, 0.2) is 41.3 Å². The van der Waals surface area contributed by atoms with Crippen LogP contribution in [0.25, 0.3) is 0 Å². The summed E-state index contributed by atoms with van der Waals surface area (Å²) in [7, 11) is 0.553. The van der Waals surface area contributed by atoms with Gasteiger partial charge in [0.25, 0.3) is 5.91 Å². The Morgan fingerprint density at radius 2 is 1.62 bits per heavy atom. The van der Waals surface area contributed by atoms with E-state index in [0.717, 1.165) is 0 Å². The van der Waals surface area contributed by atoms with Crippen molar-refractivity contribution in [2.45, 2.75) is 31.3 Å². The third kappa shape index (κ3) is 5.61. The molecule has 0 atom stereocenters. The van der Waals surface area contributed by atoms with E-state index in [1.807, 2.05) is 13.8 Å². The van der Waals surface area contributed by atoms with Crippen LogP contribution < -0.4 is 24.2 Å². The van der Waals surface area contributed by atoms with Crippen LogP contribution in [0.2, 0.25) is 0 Å². The molecule has 0 spiro atoms. The third-order valence-electron chi connectivity index (χ3n) is 4.09. The molecule has 0 aliphatic carbocycles. The van der Waals surface area contributed by atoms with E-state index >= 15 is 0 Å². The number of amides is 1. The molecular formula is C20H26N2O6S. The second-order valence-corrected chi connectivity index (χ2v) is 8.26. The van der Waals surface area contributed by atoms with E-state index in [1.165, 1.54) is 39.5 Å². The average molecular weight is 423 g/mol. The molecule has 158 valence electrons. The van der Waals surface area contributed by atoms with E-state index in [2.05, 4.69) is 10.0 Å². The number of sulfonamides is 1. The highest BCUT2D eigenvalue weighted by atomic mass is 32.2. The maximum absolute atomic E-state index is 12.8. The van der Waals surface area contributed by atoms with E-state index in [4.69, 9.17) is 14.2 Å². The van der Waals surface area contributed by atoms with Crippen LogP contribution in [-0.2, 0) is 16.6 Å². The average Bonchev–Trinajstić information content (AvgIpc) is 2.70. The molecule has 0 aliphatic heterocycles. The van der Waals surface area contributed by atoms with Gasteiger partial charge in [-0.3, -0.25) is 4.79 Å². The number of ether oxygens (including phenoxy) is 3. The first-order chi connectivity index (χ1) is 13.7. The normalized spacial score (nSPS) is 11.2. The molecule has 2 aromatic rings. The molecule has 0 heterocycles. The fourth-order valence-corrected chi connectivity index (χ4v) is 3.68. The molecule has 9 heteroatoms. The highest BCUT2D eigenvalue weighted by Gasteiger charge is 2.21. The highest BCUT2D eigenvalue weighted by Crippen LogP contribution is 2.26. The lowest BCUT2D eigenvalue weighted by molar-refractivity contribution is 0.0940. The van der Waals surface area contributed by atoms with Gasteiger partial charge in [-0.1, -0.05) is 0 Å². The van der Waals surface area contributed by atoms with Crippen molar-refractivity contribution in [2.24, 2.45) is 0 Å². The number of nitrogens with one attached hydrogen (secondary N) is 2. The first-order valence-electron chi connectivity index (χ1n) is 8.91. The molecule has 0 aliphatic rings. The zero-order chi connectivity index (χ0) is 21.6. The number of benzene rings is 2. The molecule has 2 rings (SSSR count). The molecule has 0 unspecified atom stereocenters. The second-order valence-electron chi connectivity index (χ2n) is 6.49. The summed E-state index contributed by atoms with van der Waals surface area (Å²) in [6.45, 7) is 3.62. The van der Waals surface area contributed by atoms with Crippen LogP contribution in [0.3, 0.4) is 0 Å². The Kier molecular flexibility index (Phi) is 7.46. The van der Waals surface area contributed by atoms with Gasteiger partial charge in [0.15, 0.2) is 0 Å². The van der Waals surface area contributed by atoms with Crippen molar-refractivity contribution < 1.29 is 27.4 Å². The monoisotopic (exact) mass is 422 g/mol. The number of hydrogen-bond donors (Lipinski definition) is 2. The predicted octanol–water partition coefficient (Wildman–Crippen LogP) is 2.33. The van der Waals surface area contributed by atoms with Crippen LogP contribution in [0.1, 0.15) is 29.8 Å². The summed E-state index contributed by atoms with van der Waals surface area (Å²) in [4.78, 5) is 12.4. The predicted molar refractivity (Wildman–Crippen MR) is 109 cm³/mol. The minimum absolute atomic E-state index is 0.0116. The number of hydrogen-bond acceptors (Lipinski definition) is 6. The lowest BCUT2D eigenvalue weighted by atomic mass is 10.2. The van der Waals surface area contributed by atoms with Crippen LogP contribution in [0.5, 0.6) is 17.2 Å². The topological polar surface area (TPSA) is 103 Å². The van der Waals surface area contributed by atoms with Gasteiger partial charge in [0.1, 0.15) is 17.2 Å². The van der Waals surface area contributed by atoms with Crippen molar-refractivity contribution in [2.75, 3.05) is 21.3 Å². The summed E-state index contributed by atoms with van der Waals surface area (Å²) < 4.78 is 43.8. The van der Waals surface area contributed by atoms with Gasteiger partial charge in [-0.2, -0.15) is 0 Å². The summed E-state index contributed by atoms with van der Waals surface area (Å²) in [5.41, 5.74) is 0.754. The summed E-state index contributed by atoms with van der Waals surface area (Å²) in [5, 5.41) is 2.73. The molecular weight excluding hydrogens is 396 g/mol. The second kappa shape index (κ2) is 9.62. The lowest BCUT2D eigenvalue weighted by Crippen LogP contribution is -2.31. The number of rotatable bonds is 9. The molecule has 2 N–H and O–H groups in total. The molecule has 0 saturated carbocycles. The number of carbonyl (C=O) groups is 1. The Morgan fingerprint density at radius 3 is 2.21 bits per heavy atom. The molecule has 29 heavy (non-hydrogen) atoms. The maximum atomic E-state index is 12.8. The quantitative estimate of drug-likeness (QED) is 0.643. The van der Waals surface area contributed by atoms with Crippen molar-refractivity contribution >= 4 is 15.9 Å². The van der Waals surface area contributed by atoms with Crippen LogP contribution in [-0.4, -0.2) is 41.7 Å². The fraction of sp³-hybridized carbons (Fsp3) is 0.350. The Hall–Kier alpha value is -2.78. The molecule has 0 aromatic heterocycles. The smallest absolute Gasteiger partial charge is 0.255 e. The van der Waals surface area contributed by atoms with Crippen molar-refractivity contribution in [1.82, 2.24) is 10.0 Å². The molecule has 0 saturated heterocycles. The van der Waals surface area contributed by atoms with Gasteiger partial charge in [0.05, 0.1) is 31.8 Å². The molecule has 8 nitrogen and oxygen atoms in total. The summed E-state index contributed by atoms with van der Waals surface area (Å²) >= 11 is 0. The maximum Gasteiger partial charge on any atom is 0.255 e. The minimum atomic E-state index is -3.89. The van der Waals surface area contributed by atoms with Gasteiger partial charge in [-0.05, 0) is 50.2 Å². The van der Waals surface area contributed by atoms with E-state index in [1.54, 1.807) is 18.2 Å². The van der Waals surface area contributed by atoms with Gasteiger partial charge in [0, 0.05) is 18.2 Å². The zero-order valence-electron chi connectivity index (χ0n) is 17.1. The van der Waals surface area contributed by atoms with Gasteiger partial charge < -0.3 is 19.5 Å². The first-order valence-corrected chi connectivity index (χ1v) is 10.4. The summed E-state index contributed by atoms with van der Waals surface area (Å²) in [6, 6.07) is 9.14. The first kappa shape index (κ1) is 22.5. The van der Waals surface area contributed by atoms with Crippen molar-refractivity contribution in [3.63, 3.8) is 0 Å². The van der Waals surface area contributed by atoms with Crippen LogP contribution >= 0.6 is 0 Å². The molecule has 0 fully saturated rings. The Balaban J connectivity index is 2.31. The minimum Gasteiger partial charge on any atom is -0.497 e. The largest absolute Gasteiger partial charge is 0.497 e. The van der Waals surface area contributed by atoms with Crippen molar-refractivity contribution in [3.05, 3.63) is 47.5 Å². The SMILES string of the molecule is COc1ccc(OC)c(CNS(=O)(=O)c2ccc(OC)c(C(=O)NC(C)C)c2)c1. The van der Waals surface area contributed by atoms with E-state index in [0.29, 0.717) is 17.1 Å². The Labute approximate surface area is 171 Å². The molecule has 1 amide bonds. The van der Waals surface area contributed by atoms with E-state index < -0.39 is 15.9 Å². The summed E-state index contributed by atoms with van der Waals surface area (Å²) in [5.74, 6) is 0.984. The Bertz CT molecular complexity index is 973. The van der Waals surface area contributed by atoms with Gasteiger partial charge in [-0.15, -0.1) is 0 Å². The lowest BCUT2D eigenvalue weighted by Gasteiger charge is -2.14. The van der Waals surface area contributed by atoms with Gasteiger partial charge in [0.2, 0.25) is 10.0 Å². The zero-order valence-corrected chi connectivity index (χ0v) is 17.9. The van der Waals surface area contributed by atoms with E-state index in [-0.39, 0.29) is 28.8 Å². The molecule has 2 aromatic carbocycles. The summed E-state index contributed by atoms with van der Waals surface area (Å²) in [6.07, 6.45) is 0. The van der Waals surface area contributed by atoms with Crippen LogP contribution in [0, 0.1) is 0 Å². The molecule has 0 radical (unpaired) electrons. The van der Waals surface area contributed by atoms with Crippen LogP contribution in [0.4, 0.5) is 0 Å². The third-order valence-corrected chi connectivity index (χ3v) is 5.48. The number of methoxy groups -OCH3 is 3. The fourth-order valence-electron chi connectivity index (χ4n) is 2.65. The molecule has 0 bridgehead atoms. The van der Waals surface area contributed by atoms with Crippen molar-refractivity contribution in [1.29, 1.82) is 0 Å². The van der Waals surface area contributed by atoms with Gasteiger partial charge in [-0.25, -0.2) is 13.1 Å². The Morgan fingerprint density at radius 1 is 0.966 bits per heavy atom. The number of carbonyl (C=O) groups excluding carboxylic acids is 1.